The molecule has 1 aromatic carbocycles. The second kappa shape index (κ2) is 15.9. The predicted octanol–water partition coefficient (Wildman–Crippen LogP) is 5.46. The van der Waals surface area contributed by atoms with Crippen LogP contribution < -0.4 is 16.1 Å². The van der Waals surface area contributed by atoms with Crippen LogP contribution >= 0.6 is 12.6 Å². The number of nitrogens with one attached hydrogen (secondary N) is 3. The highest BCUT2D eigenvalue weighted by atomic mass is 32.1. The zero-order valence-corrected chi connectivity index (χ0v) is 21.7. The summed E-state index contributed by atoms with van der Waals surface area (Å²) in [5, 5.41) is 10.4. The first-order chi connectivity index (χ1) is 16.0. The summed E-state index contributed by atoms with van der Waals surface area (Å²) in [6.45, 7) is 12.2. The zero-order chi connectivity index (χ0) is 23.9. The van der Waals surface area contributed by atoms with E-state index < -0.39 is 0 Å². The highest BCUT2D eigenvalue weighted by Gasteiger charge is 2.10. The average Bonchev–Trinajstić information content (AvgIpc) is 3.16. The molecule has 184 valence electrons. The van der Waals surface area contributed by atoms with Gasteiger partial charge in [0.2, 0.25) is 0 Å². The van der Waals surface area contributed by atoms with Crippen molar-refractivity contribution in [1.82, 2.24) is 25.6 Å². The number of aromatic nitrogens is 1. The number of hydrazine groups is 1. The van der Waals surface area contributed by atoms with Crippen molar-refractivity contribution in [3.63, 3.8) is 0 Å². The van der Waals surface area contributed by atoms with Gasteiger partial charge in [-0.3, -0.25) is 5.43 Å². The van der Waals surface area contributed by atoms with Crippen LogP contribution in [0.25, 0.3) is 10.9 Å². The number of benzene rings is 1. The molecule has 0 atom stereocenters. The smallest absolute Gasteiger partial charge is 0.0532 e. The zero-order valence-electron chi connectivity index (χ0n) is 20.8. The number of nitrogens with zero attached hydrogens (tertiary/aromatic N) is 2. The summed E-state index contributed by atoms with van der Waals surface area (Å²) in [7, 11) is 4.02. The van der Waals surface area contributed by atoms with Gasteiger partial charge in [-0.2, -0.15) is 12.6 Å². The highest BCUT2D eigenvalue weighted by molar-refractivity contribution is 7.80. The van der Waals surface area contributed by atoms with Crippen molar-refractivity contribution in [2.45, 2.75) is 64.5 Å². The minimum absolute atomic E-state index is 0.862. The number of rotatable bonds is 19. The van der Waals surface area contributed by atoms with Gasteiger partial charge in [-0.25, -0.2) is 5.01 Å². The molecule has 2 aromatic rings. The lowest BCUT2D eigenvalue weighted by molar-refractivity contribution is 0.245. The fourth-order valence-electron chi connectivity index (χ4n) is 3.99. The molecule has 6 heteroatoms. The third-order valence-corrected chi connectivity index (χ3v) is 6.37. The Morgan fingerprint density at radius 3 is 2.30 bits per heavy atom. The first-order valence-corrected chi connectivity index (χ1v) is 13.1. The number of thiol groups is 1. The lowest BCUT2D eigenvalue weighted by atomic mass is 10.1. The van der Waals surface area contributed by atoms with E-state index >= 15 is 0 Å². The minimum atomic E-state index is 0.862. The molecule has 0 radical (unpaired) electrons. The van der Waals surface area contributed by atoms with Crippen LogP contribution in [0.3, 0.4) is 0 Å². The Balaban J connectivity index is 1.63. The van der Waals surface area contributed by atoms with Crippen LogP contribution in [-0.4, -0.2) is 42.5 Å². The maximum Gasteiger partial charge on any atom is 0.0532 e. The van der Waals surface area contributed by atoms with Gasteiger partial charge in [0.25, 0.3) is 0 Å². The molecule has 3 N–H and O–H groups in total. The monoisotopic (exact) mass is 471 g/mol. The van der Waals surface area contributed by atoms with E-state index in [1.165, 1.54) is 60.8 Å². The maximum absolute atomic E-state index is 4.26. The summed E-state index contributed by atoms with van der Waals surface area (Å²) >= 11 is 4.26. The van der Waals surface area contributed by atoms with Gasteiger partial charge in [-0.15, -0.1) is 0 Å². The average molecular weight is 472 g/mol. The van der Waals surface area contributed by atoms with Gasteiger partial charge in [0.05, 0.1) is 6.54 Å². The normalized spacial score (nSPS) is 11.3. The standard InChI is InChI=1S/C27H45N5S/c1-23(13-7-5-12-20-33)29-17-10-6-11-18-30-24(2)16-19-32-26(22-31(4)28-3)21-25-14-8-9-15-27(25)32/h8-9,14-15,21,28-30,33H,1-2,5-7,10-13,16-20,22H2,3-4H3. The minimum Gasteiger partial charge on any atom is -0.389 e. The first kappa shape index (κ1) is 27.4. The van der Waals surface area contributed by atoms with Gasteiger partial charge < -0.3 is 15.2 Å². The number of fused-ring (bicyclic) bond motifs is 1. The van der Waals surface area contributed by atoms with E-state index in [2.05, 4.69) is 88.8 Å². The number of aryl methyl sites for hydroxylation is 1. The summed E-state index contributed by atoms with van der Waals surface area (Å²) in [6, 6.07) is 10.9. The van der Waals surface area contributed by atoms with E-state index in [0.29, 0.717) is 0 Å². The van der Waals surface area contributed by atoms with Crippen molar-refractivity contribution >= 4 is 23.5 Å². The van der Waals surface area contributed by atoms with Crippen LogP contribution in [-0.2, 0) is 13.1 Å². The number of hydrogen-bond donors (Lipinski definition) is 4. The molecule has 0 fully saturated rings. The van der Waals surface area contributed by atoms with Crippen LogP contribution in [0.2, 0.25) is 0 Å². The Hall–Kier alpha value is -1.89. The molecule has 0 saturated carbocycles. The van der Waals surface area contributed by atoms with Crippen LogP contribution in [0.4, 0.5) is 0 Å². The molecule has 0 aliphatic carbocycles. The van der Waals surface area contributed by atoms with E-state index in [0.717, 1.165) is 50.5 Å². The predicted molar refractivity (Wildman–Crippen MR) is 148 cm³/mol. The van der Waals surface area contributed by atoms with Crippen molar-refractivity contribution in [3.05, 3.63) is 60.6 Å². The summed E-state index contributed by atoms with van der Waals surface area (Å²) < 4.78 is 2.42. The van der Waals surface area contributed by atoms with Crippen LogP contribution in [0.5, 0.6) is 0 Å². The van der Waals surface area contributed by atoms with Gasteiger partial charge in [-0.05, 0) is 68.8 Å². The molecule has 2 rings (SSSR count). The summed E-state index contributed by atoms with van der Waals surface area (Å²) in [6.07, 6.45) is 9.23. The fraction of sp³-hybridized carbons (Fsp3) is 0.556. The molecule has 1 aromatic heterocycles. The Bertz CT molecular complexity index is 844. The van der Waals surface area contributed by atoms with Crippen molar-refractivity contribution in [1.29, 1.82) is 0 Å². The largest absolute Gasteiger partial charge is 0.389 e. The Morgan fingerprint density at radius 1 is 0.939 bits per heavy atom. The summed E-state index contributed by atoms with van der Waals surface area (Å²) in [4.78, 5) is 0. The topological polar surface area (TPSA) is 44.3 Å². The molecular formula is C27H45N5S. The molecule has 0 aliphatic rings. The van der Waals surface area contributed by atoms with Crippen molar-refractivity contribution in [2.24, 2.45) is 0 Å². The molecule has 0 unspecified atom stereocenters. The van der Waals surface area contributed by atoms with Crippen molar-refractivity contribution in [2.75, 3.05) is 32.9 Å². The van der Waals surface area contributed by atoms with Crippen LogP contribution in [0.15, 0.2) is 54.9 Å². The van der Waals surface area contributed by atoms with Crippen molar-refractivity contribution < 1.29 is 0 Å². The quantitative estimate of drug-likeness (QED) is 0.125. The summed E-state index contributed by atoms with van der Waals surface area (Å²) in [5.41, 5.74) is 8.10. The third-order valence-electron chi connectivity index (χ3n) is 6.05. The molecule has 5 nitrogen and oxygen atoms in total. The maximum atomic E-state index is 4.26. The summed E-state index contributed by atoms with van der Waals surface area (Å²) in [5.74, 6) is 0.985. The lowest BCUT2D eigenvalue weighted by Crippen LogP contribution is -2.31. The van der Waals surface area contributed by atoms with Crippen molar-refractivity contribution in [3.8, 4) is 0 Å². The lowest BCUT2D eigenvalue weighted by Gasteiger charge is -2.18. The van der Waals surface area contributed by atoms with E-state index in [4.69, 9.17) is 0 Å². The molecule has 0 bridgehead atoms. The highest BCUT2D eigenvalue weighted by Crippen LogP contribution is 2.21. The fourth-order valence-corrected chi connectivity index (χ4v) is 4.22. The van der Waals surface area contributed by atoms with Gasteiger partial charge in [-0.1, -0.05) is 37.8 Å². The van der Waals surface area contributed by atoms with Gasteiger partial charge in [0.15, 0.2) is 0 Å². The molecular weight excluding hydrogens is 426 g/mol. The third kappa shape index (κ3) is 10.3. The number of allylic oxidation sites excluding steroid dienone is 2. The van der Waals surface area contributed by atoms with Gasteiger partial charge in [0, 0.05) is 55.7 Å². The Labute approximate surface area is 207 Å². The van der Waals surface area contributed by atoms with Crippen LogP contribution in [0, 0.1) is 0 Å². The second-order valence-electron chi connectivity index (χ2n) is 8.83. The van der Waals surface area contributed by atoms with Gasteiger partial charge >= 0.3 is 0 Å². The molecule has 0 aliphatic heterocycles. The molecule has 0 saturated heterocycles. The molecule has 1 heterocycles. The van der Waals surface area contributed by atoms with E-state index in [1.54, 1.807) is 0 Å². The molecule has 0 amide bonds. The Morgan fingerprint density at radius 2 is 1.61 bits per heavy atom. The second-order valence-corrected chi connectivity index (χ2v) is 9.28. The van der Waals surface area contributed by atoms with E-state index in [9.17, 15) is 0 Å². The number of unbranched alkanes of at least 4 members (excludes halogenated alkanes) is 4. The Kier molecular flexibility index (Phi) is 13.1. The molecule has 33 heavy (non-hydrogen) atoms. The van der Waals surface area contributed by atoms with E-state index in [-0.39, 0.29) is 0 Å². The first-order valence-electron chi connectivity index (χ1n) is 12.4. The molecule has 0 spiro atoms. The van der Waals surface area contributed by atoms with Crippen LogP contribution in [0.1, 0.15) is 57.1 Å². The van der Waals surface area contributed by atoms with E-state index in [1.807, 2.05) is 7.05 Å². The van der Waals surface area contributed by atoms with Gasteiger partial charge in [0.1, 0.15) is 0 Å². The number of para-hydroxylation sites is 1. The number of hydrogen-bond acceptors (Lipinski definition) is 5. The SMILES string of the molecule is C=C(CCCCCS)NCCCCCNC(=C)CCn1c(CN(C)NC)cc2ccccc21.